The van der Waals surface area contributed by atoms with Crippen molar-refractivity contribution in [2.75, 3.05) is 6.54 Å². The van der Waals surface area contributed by atoms with Crippen LogP contribution in [0.5, 0.6) is 0 Å². The first kappa shape index (κ1) is 21.2. The van der Waals surface area contributed by atoms with E-state index in [4.69, 9.17) is 16.6 Å². The zero-order valence-electron chi connectivity index (χ0n) is 18.6. The van der Waals surface area contributed by atoms with Crippen LogP contribution in [0.1, 0.15) is 27.4 Å². The highest BCUT2D eigenvalue weighted by atomic mass is 35.5. The standard InChI is InChI=1S/C25H23ClN6O/c1-15-14-16(2)28-24-22(15)20-6-4-5-7-21(20)31(24)13-12-27-25(33)23-17(3)32(30-29-23)19-10-8-18(26)9-11-19/h4-11,14H,12-13H2,1-3H3,(H,27,33). The quantitative estimate of drug-likeness (QED) is 0.411. The van der Waals surface area contributed by atoms with Gasteiger partial charge in [0.15, 0.2) is 5.69 Å². The minimum absolute atomic E-state index is 0.256. The Morgan fingerprint density at radius 1 is 1.06 bits per heavy atom. The van der Waals surface area contributed by atoms with Crippen LogP contribution in [0.3, 0.4) is 0 Å². The molecule has 5 aromatic rings. The van der Waals surface area contributed by atoms with Crippen molar-refractivity contribution >= 4 is 39.4 Å². The summed E-state index contributed by atoms with van der Waals surface area (Å²) in [7, 11) is 0. The number of carbonyl (C=O) groups excluding carboxylic acids is 1. The zero-order chi connectivity index (χ0) is 23.1. The Bertz CT molecular complexity index is 1500. The van der Waals surface area contributed by atoms with E-state index in [1.54, 1.807) is 16.8 Å². The van der Waals surface area contributed by atoms with Gasteiger partial charge in [0.2, 0.25) is 0 Å². The summed E-state index contributed by atoms with van der Waals surface area (Å²) in [6.07, 6.45) is 0. The molecule has 8 heteroatoms. The molecule has 0 aliphatic heterocycles. The summed E-state index contributed by atoms with van der Waals surface area (Å²) in [4.78, 5) is 17.7. The molecule has 0 aliphatic rings. The Kier molecular flexibility index (Phi) is 5.34. The predicted octanol–water partition coefficient (Wildman–Crippen LogP) is 4.78. The Morgan fingerprint density at radius 3 is 2.61 bits per heavy atom. The van der Waals surface area contributed by atoms with Gasteiger partial charge in [-0.15, -0.1) is 5.10 Å². The largest absolute Gasteiger partial charge is 0.349 e. The third-order valence-corrected chi connectivity index (χ3v) is 6.10. The number of amides is 1. The number of halogens is 1. The van der Waals surface area contributed by atoms with E-state index in [-0.39, 0.29) is 5.91 Å². The van der Waals surface area contributed by atoms with E-state index < -0.39 is 0 Å². The summed E-state index contributed by atoms with van der Waals surface area (Å²) in [5, 5.41) is 14.2. The van der Waals surface area contributed by atoms with Crippen molar-refractivity contribution in [3.8, 4) is 5.69 Å². The Balaban J connectivity index is 1.38. The molecule has 3 heterocycles. The second-order valence-corrected chi connectivity index (χ2v) is 8.55. The van der Waals surface area contributed by atoms with Crippen LogP contribution in [-0.4, -0.2) is 37.0 Å². The maximum atomic E-state index is 12.9. The monoisotopic (exact) mass is 458 g/mol. The highest BCUT2D eigenvalue weighted by molar-refractivity contribution is 6.30. The van der Waals surface area contributed by atoms with E-state index >= 15 is 0 Å². The molecule has 0 atom stereocenters. The van der Waals surface area contributed by atoms with Crippen molar-refractivity contribution in [2.24, 2.45) is 0 Å². The van der Waals surface area contributed by atoms with Gasteiger partial charge in [-0.25, -0.2) is 9.67 Å². The fourth-order valence-electron chi connectivity index (χ4n) is 4.34. The van der Waals surface area contributed by atoms with Crippen molar-refractivity contribution in [3.63, 3.8) is 0 Å². The van der Waals surface area contributed by atoms with Gasteiger partial charge in [-0.05, 0) is 62.7 Å². The molecule has 1 amide bonds. The van der Waals surface area contributed by atoms with Crippen LogP contribution >= 0.6 is 11.6 Å². The number of para-hydroxylation sites is 1. The summed E-state index contributed by atoms with van der Waals surface area (Å²) in [6, 6.07) is 17.6. The van der Waals surface area contributed by atoms with Gasteiger partial charge in [0, 0.05) is 34.6 Å². The molecule has 0 saturated heterocycles. The Labute approximate surface area is 196 Å². The van der Waals surface area contributed by atoms with Gasteiger partial charge >= 0.3 is 0 Å². The summed E-state index contributed by atoms with van der Waals surface area (Å²) in [5.41, 5.74) is 5.98. The molecule has 0 aliphatic carbocycles. The summed E-state index contributed by atoms with van der Waals surface area (Å²) in [6.45, 7) is 6.97. The molecule has 1 N–H and O–H groups in total. The average molecular weight is 459 g/mol. The molecule has 0 saturated carbocycles. The van der Waals surface area contributed by atoms with Crippen LogP contribution in [0, 0.1) is 20.8 Å². The van der Waals surface area contributed by atoms with Crippen LogP contribution in [0.2, 0.25) is 5.02 Å². The molecular formula is C25H23ClN6O. The summed E-state index contributed by atoms with van der Waals surface area (Å²) < 4.78 is 3.80. The maximum absolute atomic E-state index is 12.9. The fourth-order valence-corrected chi connectivity index (χ4v) is 4.46. The highest BCUT2D eigenvalue weighted by Crippen LogP contribution is 2.30. The molecule has 5 rings (SSSR count). The molecule has 0 spiro atoms. The third-order valence-electron chi connectivity index (χ3n) is 5.85. The first-order chi connectivity index (χ1) is 15.9. The van der Waals surface area contributed by atoms with E-state index in [9.17, 15) is 4.79 Å². The second-order valence-electron chi connectivity index (χ2n) is 8.12. The zero-order valence-corrected chi connectivity index (χ0v) is 19.4. The normalized spacial score (nSPS) is 11.4. The molecule has 0 unspecified atom stereocenters. The highest BCUT2D eigenvalue weighted by Gasteiger charge is 2.18. The van der Waals surface area contributed by atoms with Gasteiger partial charge in [0.1, 0.15) is 5.65 Å². The first-order valence-corrected chi connectivity index (χ1v) is 11.1. The third kappa shape index (κ3) is 3.74. The van der Waals surface area contributed by atoms with Crippen LogP contribution in [0.25, 0.3) is 27.6 Å². The minimum Gasteiger partial charge on any atom is -0.349 e. The molecule has 2 aromatic carbocycles. The molecule has 166 valence electrons. The van der Waals surface area contributed by atoms with Crippen molar-refractivity contribution in [1.29, 1.82) is 0 Å². The number of hydrogen-bond acceptors (Lipinski definition) is 4. The molecule has 0 fully saturated rings. The SMILES string of the molecule is Cc1cc(C)c2c3ccccc3n(CCNC(=O)c3nnn(-c4ccc(Cl)cc4)c3C)c2n1. The van der Waals surface area contributed by atoms with Gasteiger partial charge in [0.25, 0.3) is 5.91 Å². The van der Waals surface area contributed by atoms with Crippen molar-refractivity contribution < 1.29 is 4.79 Å². The van der Waals surface area contributed by atoms with Crippen molar-refractivity contribution in [3.05, 3.63) is 82.3 Å². The summed E-state index contributed by atoms with van der Waals surface area (Å²) in [5.74, 6) is -0.256. The lowest BCUT2D eigenvalue weighted by atomic mass is 10.1. The molecule has 33 heavy (non-hydrogen) atoms. The topological polar surface area (TPSA) is 77.6 Å². The van der Waals surface area contributed by atoms with Crippen molar-refractivity contribution in [2.45, 2.75) is 27.3 Å². The van der Waals surface area contributed by atoms with Crippen LogP contribution in [-0.2, 0) is 6.54 Å². The number of rotatable bonds is 5. The smallest absolute Gasteiger partial charge is 0.273 e. The molecule has 0 bridgehead atoms. The number of nitrogens with one attached hydrogen (secondary N) is 1. The fraction of sp³-hybridized carbons (Fsp3) is 0.200. The number of fused-ring (bicyclic) bond motifs is 3. The van der Waals surface area contributed by atoms with Gasteiger partial charge in [0.05, 0.1) is 16.9 Å². The summed E-state index contributed by atoms with van der Waals surface area (Å²) >= 11 is 5.97. The number of aromatic nitrogens is 5. The lowest BCUT2D eigenvalue weighted by Crippen LogP contribution is -2.28. The second kappa shape index (κ2) is 8.33. The number of carbonyl (C=O) groups is 1. The Hall–Kier alpha value is -3.71. The number of pyridine rings is 1. The predicted molar refractivity (Wildman–Crippen MR) is 130 cm³/mol. The molecular weight excluding hydrogens is 436 g/mol. The number of benzene rings is 2. The van der Waals surface area contributed by atoms with Crippen LogP contribution in [0.4, 0.5) is 0 Å². The van der Waals surface area contributed by atoms with Crippen LogP contribution in [0.15, 0.2) is 54.6 Å². The van der Waals surface area contributed by atoms with Gasteiger partial charge in [-0.3, -0.25) is 4.79 Å². The maximum Gasteiger partial charge on any atom is 0.273 e. The van der Waals surface area contributed by atoms with Gasteiger partial charge in [-0.2, -0.15) is 0 Å². The Morgan fingerprint density at radius 2 is 1.82 bits per heavy atom. The molecule has 3 aromatic heterocycles. The lowest BCUT2D eigenvalue weighted by Gasteiger charge is -2.09. The van der Waals surface area contributed by atoms with Crippen molar-refractivity contribution in [1.82, 2.24) is 29.9 Å². The van der Waals surface area contributed by atoms with Gasteiger partial charge in [-0.1, -0.05) is 35.0 Å². The lowest BCUT2D eigenvalue weighted by molar-refractivity contribution is 0.0947. The van der Waals surface area contributed by atoms with Crippen LogP contribution < -0.4 is 5.32 Å². The minimum atomic E-state index is -0.256. The number of nitrogens with zero attached hydrogens (tertiary/aromatic N) is 5. The van der Waals surface area contributed by atoms with E-state index in [0.29, 0.717) is 29.5 Å². The van der Waals surface area contributed by atoms with E-state index in [1.807, 2.05) is 38.1 Å². The first-order valence-electron chi connectivity index (χ1n) is 10.8. The van der Waals surface area contributed by atoms with E-state index in [0.717, 1.165) is 27.9 Å². The number of hydrogen-bond donors (Lipinski definition) is 1. The van der Waals surface area contributed by atoms with Gasteiger partial charge < -0.3 is 9.88 Å². The van der Waals surface area contributed by atoms with E-state index in [2.05, 4.69) is 45.3 Å². The molecule has 7 nitrogen and oxygen atoms in total. The average Bonchev–Trinajstić information content (AvgIpc) is 3.32. The molecule has 0 radical (unpaired) electrons. The van der Waals surface area contributed by atoms with E-state index in [1.165, 1.54) is 10.9 Å². The number of aryl methyl sites for hydroxylation is 2.